The molecule has 0 spiro atoms. The van der Waals surface area contributed by atoms with E-state index < -0.39 is 0 Å². The Kier molecular flexibility index (Phi) is 3.87. The first kappa shape index (κ1) is 13.6. The number of nitrogens with one attached hydrogen (secondary N) is 1. The molecule has 0 unspecified atom stereocenters. The highest BCUT2D eigenvalue weighted by Crippen LogP contribution is 2.18. The minimum Gasteiger partial charge on any atom is -0.378 e. The number of anilines is 2. The second-order valence-electron chi connectivity index (χ2n) is 4.97. The fraction of sp³-hybridized carbons (Fsp3) is 0.333. The van der Waals surface area contributed by atoms with Crippen LogP contribution in [0.2, 0.25) is 0 Å². The molecule has 1 N–H and O–H groups in total. The summed E-state index contributed by atoms with van der Waals surface area (Å²) in [6.07, 6.45) is 0. The SMILES string of the molecule is Cc1ccc(NC(=O)c2cc(N3CCOCC3)on2)cc1. The molecule has 1 aliphatic heterocycles. The fourth-order valence-corrected chi connectivity index (χ4v) is 2.14. The van der Waals surface area contributed by atoms with Crippen LogP contribution in [-0.4, -0.2) is 37.4 Å². The lowest BCUT2D eigenvalue weighted by atomic mass is 10.2. The lowest BCUT2D eigenvalue weighted by Gasteiger charge is -2.25. The number of benzene rings is 1. The van der Waals surface area contributed by atoms with E-state index in [2.05, 4.69) is 10.5 Å². The number of hydrogen-bond acceptors (Lipinski definition) is 5. The molecular weight excluding hydrogens is 270 g/mol. The van der Waals surface area contributed by atoms with Crippen LogP contribution in [-0.2, 0) is 4.74 Å². The van der Waals surface area contributed by atoms with E-state index in [0.29, 0.717) is 19.1 Å². The molecule has 1 saturated heterocycles. The standard InChI is InChI=1S/C15H17N3O3/c1-11-2-4-12(5-3-11)16-15(19)13-10-14(21-17-13)18-6-8-20-9-7-18/h2-5,10H,6-9H2,1H3,(H,16,19). The summed E-state index contributed by atoms with van der Waals surface area (Å²) in [5.41, 5.74) is 2.16. The Hall–Kier alpha value is -2.34. The Morgan fingerprint density at radius 1 is 1.24 bits per heavy atom. The van der Waals surface area contributed by atoms with Gasteiger partial charge in [-0.3, -0.25) is 4.79 Å². The molecule has 110 valence electrons. The molecule has 0 aliphatic carbocycles. The van der Waals surface area contributed by atoms with Crippen molar-refractivity contribution >= 4 is 17.5 Å². The van der Waals surface area contributed by atoms with Crippen LogP contribution in [0.5, 0.6) is 0 Å². The molecule has 6 heteroatoms. The zero-order valence-electron chi connectivity index (χ0n) is 11.8. The predicted molar refractivity (Wildman–Crippen MR) is 78.7 cm³/mol. The van der Waals surface area contributed by atoms with Crippen molar-refractivity contribution in [1.29, 1.82) is 0 Å². The zero-order valence-corrected chi connectivity index (χ0v) is 11.8. The van der Waals surface area contributed by atoms with Crippen LogP contribution < -0.4 is 10.2 Å². The number of hydrogen-bond donors (Lipinski definition) is 1. The van der Waals surface area contributed by atoms with Gasteiger partial charge in [-0.1, -0.05) is 22.9 Å². The van der Waals surface area contributed by atoms with Crippen LogP contribution in [0.3, 0.4) is 0 Å². The molecule has 0 saturated carbocycles. The monoisotopic (exact) mass is 287 g/mol. The summed E-state index contributed by atoms with van der Waals surface area (Å²) in [4.78, 5) is 14.1. The van der Waals surface area contributed by atoms with Gasteiger partial charge in [0.05, 0.1) is 13.2 Å². The second kappa shape index (κ2) is 5.97. The maximum absolute atomic E-state index is 12.1. The Bertz CT molecular complexity index is 615. The van der Waals surface area contributed by atoms with Crippen molar-refractivity contribution in [3.05, 3.63) is 41.6 Å². The summed E-state index contributed by atoms with van der Waals surface area (Å²) < 4.78 is 10.5. The third kappa shape index (κ3) is 3.22. The number of carbonyl (C=O) groups excluding carboxylic acids is 1. The third-order valence-electron chi connectivity index (χ3n) is 3.36. The van der Waals surface area contributed by atoms with Crippen molar-refractivity contribution in [3.63, 3.8) is 0 Å². The van der Waals surface area contributed by atoms with Gasteiger partial charge in [0.2, 0.25) is 5.88 Å². The Labute approximate surface area is 122 Å². The molecule has 2 aromatic rings. The highest BCUT2D eigenvalue weighted by atomic mass is 16.5. The molecule has 1 aromatic heterocycles. The summed E-state index contributed by atoms with van der Waals surface area (Å²) in [6, 6.07) is 9.26. The van der Waals surface area contributed by atoms with E-state index in [9.17, 15) is 4.79 Å². The molecule has 21 heavy (non-hydrogen) atoms. The van der Waals surface area contributed by atoms with Crippen molar-refractivity contribution in [2.24, 2.45) is 0 Å². The van der Waals surface area contributed by atoms with E-state index in [-0.39, 0.29) is 11.6 Å². The predicted octanol–water partition coefficient (Wildman–Crippen LogP) is 2.07. The van der Waals surface area contributed by atoms with Crippen molar-refractivity contribution < 1.29 is 14.1 Å². The average molecular weight is 287 g/mol. The summed E-state index contributed by atoms with van der Waals surface area (Å²) in [5.74, 6) is 0.328. The highest BCUT2D eigenvalue weighted by Gasteiger charge is 2.19. The van der Waals surface area contributed by atoms with Crippen LogP contribution >= 0.6 is 0 Å². The summed E-state index contributed by atoms with van der Waals surface area (Å²) in [5, 5.41) is 6.63. The third-order valence-corrected chi connectivity index (χ3v) is 3.36. The smallest absolute Gasteiger partial charge is 0.277 e. The molecule has 1 aromatic carbocycles. The Morgan fingerprint density at radius 3 is 2.67 bits per heavy atom. The fourth-order valence-electron chi connectivity index (χ4n) is 2.14. The van der Waals surface area contributed by atoms with Crippen molar-refractivity contribution in [1.82, 2.24) is 5.16 Å². The summed E-state index contributed by atoms with van der Waals surface area (Å²) >= 11 is 0. The quantitative estimate of drug-likeness (QED) is 0.936. The first-order valence-electron chi connectivity index (χ1n) is 6.90. The number of morpholine rings is 1. The minimum absolute atomic E-state index is 0.275. The number of amides is 1. The number of aryl methyl sites for hydroxylation is 1. The van der Waals surface area contributed by atoms with E-state index in [1.54, 1.807) is 6.07 Å². The topological polar surface area (TPSA) is 67.6 Å². The zero-order chi connectivity index (χ0) is 14.7. The first-order chi connectivity index (χ1) is 10.2. The lowest BCUT2D eigenvalue weighted by Crippen LogP contribution is -2.35. The number of aromatic nitrogens is 1. The van der Waals surface area contributed by atoms with E-state index >= 15 is 0 Å². The van der Waals surface area contributed by atoms with Gasteiger partial charge in [-0.05, 0) is 19.1 Å². The van der Waals surface area contributed by atoms with Crippen LogP contribution in [0.15, 0.2) is 34.9 Å². The van der Waals surface area contributed by atoms with Gasteiger partial charge in [-0.15, -0.1) is 0 Å². The van der Waals surface area contributed by atoms with Gasteiger partial charge < -0.3 is 19.5 Å². The summed E-state index contributed by atoms with van der Waals surface area (Å²) in [6.45, 7) is 4.80. The molecular formula is C15H17N3O3. The van der Waals surface area contributed by atoms with Crippen molar-refractivity contribution in [2.45, 2.75) is 6.92 Å². The Morgan fingerprint density at radius 2 is 1.95 bits per heavy atom. The van der Waals surface area contributed by atoms with Crippen LogP contribution in [0, 0.1) is 6.92 Å². The largest absolute Gasteiger partial charge is 0.378 e. The number of nitrogens with zero attached hydrogens (tertiary/aromatic N) is 2. The van der Waals surface area contributed by atoms with Crippen LogP contribution in [0.4, 0.5) is 11.6 Å². The number of ether oxygens (including phenoxy) is 1. The van der Waals surface area contributed by atoms with Crippen LogP contribution in [0.25, 0.3) is 0 Å². The molecule has 1 aliphatic rings. The second-order valence-corrected chi connectivity index (χ2v) is 4.97. The molecule has 6 nitrogen and oxygen atoms in total. The molecule has 2 heterocycles. The van der Waals surface area contributed by atoms with Gasteiger partial charge in [0.1, 0.15) is 0 Å². The van der Waals surface area contributed by atoms with Crippen molar-refractivity contribution in [2.75, 3.05) is 36.5 Å². The molecule has 3 rings (SSSR count). The van der Waals surface area contributed by atoms with Gasteiger partial charge in [0, 0.05) is 24.8 Å². The number of rotatable bonds is 3. The van der Waals surface area contributed by atoms with E-state index in [0.717, 1.165) is 24.3 Å². The normalized spacial score (nSPS) is 15.0. The van der Waals surface area contributed by atoms with Gasteiger partial charge in [-0.25, -0.2) is 0 Å². The highest BCUT2D eigenvalue weighted by molar-refractivity contribution is 6.03. The summed E-state index contributed by atoms with van der Waals surface area (Å²) in [7, 11) is 0. The lowest BCUT2D eigenvalue weighted by molar-refractivity contribution is 0.101. The van der Waals surface area contributed by atoms with Gasteiger partial charge in [-0.2, -0.15) is 0 Å². The molecule has 1 fully saturated rings. The average Bonchev–Trinajstić information content (AvgIpc) is 3.00. The Balaban J connectivity index is 1.67. The minimum atomic E-state index is -0.276. The van der Waals surface area contributed by atoms with E-state index in [4.69, 9.17) is 9.26 Å². The maximum Gasteiger partial charge on any atom is 0.277 e. The van der Waals surface area contributed by atoms with E-state index in [1.165, 1.54) is 0 Å². The van der Waals surface area contributed by atoms with Crippen molar-refractivity contribution in [3.8, 4) is 0 Å². The molecule has 0 radical (unpaired) electrons. The number of carbonyl (C=O) groups is 1. The molecule has 1 amide bonds. The molecule has 0 bridgehead atoms. The maximum atomic E-state index is 12.1. The molecule has 0 atom stereocenters. The van der Waals surface area contributed by atoms with E-state index in [1.807, 2.05) is 36.1 Å². The van der Waals surface area contributed by atoms with Crippen LogP contribution in [0.1, 0.15) is 16.1 Å². The van der Waals surface area contributed by atoms with Gasteiger partial charge in [0.25, 0.3) is 5.91 Å². The van der Waals surface area contributed by atoms with Gasteiger partial charge in [0.15, 0.2) is 5.69 Å². The van der Waals surface area contributed by atoms with Gasteiger partial charge >= 0.3 is 0 Å². The first-order valence-corrected chi connectivity index (χ1v) is 6.90.